The minimum atomic E-state index is -1.17. The summed E-state index contributed by atoms with van der Waals surface area (Å²) in [5.74, 6) is -0.590. The van der Waals surface area contributed by atoms with Gasteiger partial charge in [0.2, 0.25) is 0 Å². The summed E-state index contributed by atoms with van der Waals surface area (Å²) in [5, 5.41) is 9.41. The average molecular weight is 405 g/mol. The molecule has 1 aliphatic rings. The molecule has 29 heavy (non-hydrogen) atoms. The van der Waals surface area contributed by atoms with E-state index in [-0.39, 0.29) is 23.4 Å². The lowest BCUT2D eigenvalue weighted by atomic mass is 9.92. The van der Waals surface area contributed by atoms with Gasteiger partial charge in [0.15, 0.2) is 0 Å². The van der Waals surface area contributed by atoms with Crippen LogP contribution in [0.25, 0.3) is 11.0 Å². The predicted molar refractivity (Wildman–Crippen MR) is 107 cm³/mol. The fraction of sp³-hybridized carbons (Fsp3) is 0.571. The van der Waals surface area contributed by atoms with Crippen LogP contribution in [0.4, 0.5) is 14.0 Å². The summed E-state index contributed by atoms with van der Waals surface area (Å²) in [7, 11) is 0. The molecule has 0 aliphatic carbocycles. The van der Waals surface area contributed by atoms with Crippen LogP contribution in [-0.2, 0) is 4.74 Å². The molecule has 0 spiro atoms. The molecule has 158 valence electrons. The number of nitrogens with zero attached hydrogens (tertiary/aromatic N) is 3. The monoisotopic (exact) mass is 405 g/mol. The Labute approximate surface area is 169 Å². The van der Waals surface area contributed by atoms with Crippen LogP contribution in [0, 0.1) is 5.82 Å². The first-order valence-electron chi connectivity index (χ1n) is 9.90. The van der Waals surface area contributed by atoms with Gasteiger partial charge in [0.1, 0.15) is 11.4 Å². The molecule has 2 aromatic heterocycles. The molecule has 3 rings (SSSR count). The van der Waals surface area contributed by atoms with E-state index in [0.717, 1.165) is 10.1 Å². The summed E-state index contributed by atoms with van der Waals surface area (Å²) in [6, 6.07) is 1.26. The standard InChI is InChI=1S/C21H28FN3O4/c1-12(2)14-11-25(19(26)27)16-10-15(22)17(23-18(14)16)13-6-8-24(9-7-13)20(28)29-21(3,4)5/h10-13H,6-9H2,1-5H3,(H,26,27). The number of amides is 1. The Kier molecular flexibility index (Phi) is 5.56. The molecule has 0 bridgehead atoms. The maximum Gasteiger partial charge on any atom is 0.416 e. The molecule has 1 aliphatic heterocycles. The molecule has 1 N–H and O–H groups in total. The van der Waals surface area contributed by atoms with Crippen LogP contribution >= 0.6 is 0 Å². The van der Waals surface area contributed by atoms with E-state index < -0.39 is 17.5 Å². The lowest BCUT2D eigenvalue weighted by Crippen LogP contribution is -2.41. The molecule has 1 fully saturated rings. The summed E-state index contributed by atoms with van der Waals surface area (Å²) in [6.07, 6.45) is 1.14. The van der Waals surface area contributed by atoms with Crippen molar-refractivity contribution >= 4 is 23.2 Å². The first-order chi connectivity index (χ1) is 13.5. The zero-order chi connectivity index (χ0) is 21.5. The highest BCUT2D eigenvalue weighted by atomic mass is 19.1. The largest absolute Gasteiger partial charge is 0.464 e. The third-order valence-electron chi connectivity index (χ3n) is 5.15. The number of fused-ring (bicyclic) bond motifs is 1. The summed E-state index contributed by atoms with van der Waals surface area (Å²) >= 11 is 0. The van der Waals surface area contributed by atoms with Gasteiger partial charge in [0.25, 0.3) is 0 Å². The second-order valence-electron chi connectivity index (χ2n) is 8.86. The van der Waals surface area contributed by atoms with Crippen LogP contribution in [0.15, 0.2) is 12.3 Å². The number of aromatic nitrogens is 2. The number of pyridine rings is 1. The number of rotatable bonds is 2. The Hall–Kier alpha value is -2.64. The van der Waals surface area contributed by atoms with Crippen LogP contribution in [0.5, 0.6) is 0 Å². The van der Waals surface area contributed by atoms with E-state index in [9.17, 15) is 19.1 Å². The molecule has 0 radical (unpaired) electrons. The number of carbonyl (C=O) groups excluding carboxylic acids is 1. The maximum absolute atomic E-state index is 14.9. The van der Waals surface area contributed by atoms with Gasteiger partial charge in [0.05, 0.1) is 16.7 Å². The smallest absolute Gasteiger partial charge is 0.416 e. The average Bonchev–Trinajstić information content (AvgIpc) is 2.98. The predicted octanol–water partition coefficient (Wildman–Crippen LogP) is 4.94. The molecule has 1 amide bonds. The molecule has 0 unspecified atom stereocenters. The van der Waals surface area contributed by atoms with Gasteiger partial charge >= 0.3 is 12.2 Å². The van der Waals surface area contributed by atoms with E-state index >= 15 is 0 Å². The fourth-order valence-corrected chi connectivity index (χ4v) is 3.69. The van der Waals surface area contributed by atoms with Crippen molar-refractivity contribution in [2.45, 2.75) is 64.9 Å². The van der Waals surface area contributed by atoms with E-state index in [4.69, 9.17) is 4.74 Å². The number of hydrogen-bond acceptors (Lipinski definition) is 4. The van der Waals surface area contributed by atoms with E-state index in [1.807, 2.05) is 34.6 Å². The Morgan fingerprint density at radius 1 is 1.28 bits per heavy atom. The Balaban J connectivity index is 1.86. The van der Waals surface area contributed by atoms with Crippen molar-refractivity contribution in [2.75, 3.05) is 13.1 Å². The highest BCUT2D eigenvalue weighted by molar-refractivity contribution is 5.89. The van der Waals surface area contributed by atoms with E-state index in [1.165, 1.54) is 12.3 Å². The van der Waals surface area contributed by atoms with Gasteiger partial charge in [-0.15, -0.1) is 0 Å². The maximum atomic E-state index is 14.9. The molecular formula is C21H28FN3O4. The normalized spacial score (nSPS) is 15.9. The first kappa shape index (κ1) is 21.1. The summed E-state index contributed by atoms with van der Waals surface area (Å²) in [6.45, 7) is 10.3. The number of ether oxygens (including phenoxy) is 1. The molecular weight excluding hydrogens is 377 g/mol. The molecule has 2 aromatic rings. The van der Waals surface area contributed by atoms with E-state index in [0.29, 0.717) is 37.1 Å². The lowest BCUT2D eigenvalue weighted by Gasteiger charge is -2.33. The van der Waals surface area contributed by atoms with Crippen LogP contribution in [0.2, 0.25) is 0 Å². The van der Waals surface area contributed by atoms with Gasteiger partial charge < -0.3 is 14.7 Å². The van der Waals surface area contributed by atoms with Crippen molar-refractivity contribution in [2.24, 2.45) is 0 Å². The lowest BCUT2D eigenvalue weighted by molar-refractivity contribution is 0.0203. The number of carbonyl (C=O) groups is 2. The van der Waals surface area contributed by atoms with Gasteiger partial charge in [-0.05, 0) is 45.1 Å². The minimum absolute atomic E-state index is 0.0536. The highest BCUT2D eigenvalue weighted by Crippen LogP contribution is 2.33. The van der Waals surface area contributed by atoms with Gasteiger partial charge in [0, 0.05) is 31.3 Å². The Bertz CT molecular complexity index is 938. The van der Waals surface area contributed by atoms with Gasteiger partial charge in [-0.2, -0.15) is 0 Å². The van der Waals surface area contributed by atoms with Crippen LogP contribution in [0.1, 0.15) is 70.6 Å². The first-order valence-corrected chi connectivity index (χ1v) is 9.90. The van der Waals surface area contributed by atoms with Crippen LogP contribution < -0.4 is 0 Å². The Morgan fingerprint density at radius 2 is 1.90 bits per heavy atom. The number of halogens is 1. The van der Waals surface area contributed by atoms with Crippen molar-refractivity contribution in [1.29, 1.82) is 0 Å². The molecule has 8 heteroatoms. The second-order valence-corrected chi connectivity index (χ2v) is 8.86. The number of carboxylic acid groups (broad SMARTS) is 1. The van der Waals surface area contributed by atoms with E-state index in [1.54, 1.807) is 4.90 Å². The van der Waals surface area contributed by atoms with Crippen molar-refractivity contribution in [3.63, 3.8) is 0 Å². The number of hydrogen-bond donors (Lipinski definition) is 1. The van der Waals surface area contributed by atoms with Crippen molar-refractivity contribution < 1.29 is 23.8 Å². The quantitative estimate of drug-likeness (QED) is 0.765. The third kappa shape index (κ3) is 4.36. The van der Waals surface area contributed by atoms with Crippen LogP contribution in [-0.4, -0.2) is 50.4 Å². The number of likely N-dealkylation sites (tertiary alicyclic amines) is 1. The Morgan fingerprint density at radius 3 is 2.41 bits per heavy atom. The minimum Gasteiger partial charge on any atom is -0.464 e. The summed E-state index contributed by atoms with van der Waals surface area (Å²) < 4.78 is 21.3. The van der Waals surface area contributed by atoms with Crippen molar-refractivity contribution in [3.05, 3.63) is 29.3 Å². The molecule has 3 heterocycles. The molecule has 0 aromatic carbocycles. The molecule has 0 saturated carbocycles. The summed E-state index contributed by atoms with van der Waals surface area (Å²) in [5.41, 5.74) is 1.33. The highest BCUT2D eigenvalue weighted by Gasteiger charge is 2.30. The second kappa shape index (κ2) is 7.65. The van der Waals surface area contributed by atoms with Gasteiger partial charge in [-0.25, -0.2) is 19.0 Å². The number of piperidine rings is 1. The zero-order valence-electron chi connectivity index (χ0n) is 17.5. The third-order valence-corrected chi connectivity index (χ3v) is 5.15. The van der Waals surface area contributed by atoms with Gasteiger partial charge in [-0.3, -0.25) is 4.57 Å². The van der Waals surface area contributed by atoms with E-state index in [2.05, 4.69) is 4.98 Å². The summed E-state index contributed by atoms with van der Waals surface area (Å²) in [4.78, 5) is 29.9. The van der Waals surface area contributed by atoms with Crippen molar-refractivity contribution in [3.8, 4) is 0 Å². The molecule has 0 atom stereocenters. The molecule has 1 saturated heterocycles. The topological polar surface area (TPSA) is 84.7 Å². The molecule has 7 nitrogen and oxygen atoms in total. The zero-order valence-corrected chi connectivity index (χ0v) is 17.5. The van der Waals surface area contributed by atoms with Crippen molar-refractivity contribution in [1.82, 2.24) is 14.5 Å². The van der Waals surface area contributed by atoms with Gasteiger partial charge in [-0.1, -0.05) is 13.8 Å². The fourth-order valence-electron chi connectivity index (χ4n) is 3.69. The SMILES string of the molecule is CC(C)c1cn(C(=O)O)c2cc(F)c(C3CCN(C(=O)OC(C)(C)C)CC3)nc12. The van der Waals surface area contributed by atoms with Crippen LogP contribution in [0.3, 0.4) is 0 Å².